The number of aromatic nitrogens is 1. The first-order valence-corrected chi connectivity index (χ1v) is 9.07. The van der Waals surface area contributed by atoms with Gasteiger partial charge in [-0.2, -0.15) is 4.57 Å². The van der Waals surface area contributed by atoms with Crippen LogP contribution in [0.4, 0.5) is 0 Å². The van der Waals surface area contributed by atoms with Gasteiger partial charge in [0.1, 0.15) is 6.61 Å². The van der Waals surface area contributed by atoms with Crippen molar-refractivity contribution in [1.82, 2.24) is 0 Å². The molecule has 0 atom stereocenters. The number of ether oxygens (including phenoxy) is 2. The van der Waals surface area contributed by atoms with Crippen LogP contribution in [0.1, 0.15) is 56.7 Å². The zero-order valence-corrected chi connectivity index (χ0v) is 14.2. The first kappa shape index (κ1) is 17.4. The third-order valence-electron chi connectivity index (χ3n) is 4.38. The maximum Gasteiger partial charge on any atom is 0.184 e. The van der Waals surface area contributed by atoms with Gasteiger partial charge in [0, 0.05) is 24.7 Å². The van der Waals surface area contributed by atoms with Gasteiger partial charge in [0.25, 0.3) is 0 Å². The molecule has 1 aromatic rings. The Labute approximate surface area is 135 Å². The van der Waals surface area contributed by atoms with Gasteiger partial charge in [0.05, 0.1) is 13.2 Å². The molecule has 3 heteroatoms. The highest BCUT2D eigenvalue weighted by molar-refractivity contribution is 5.18. The standard InChI is InChI=1S/C19H32NO2/c1-2-3-4-7-14-21-16-17-22-15-13-20-12-8-10-18-9-5-6-11-19(18)20/h8,10,12H,2-7,9,11,13-17H2,1H3/q+1. The van der Waals surface area contributed by atoms with Crippen LogP contribution in [-0.2, 0) is 28.9 Å². The summed E-state index contributed by atoms with van der Waals surface area (Å²) in [6.07, 6.45) is 12.4. The van der Waals surface area contributed by atoms with E-state index in [4.69, 9.17) is 9.47 Å². The summed E-state index contributed by atoms with van der Waals surface area (Å²) in [5.74, 6) is 0. The molecule has 1 heterocycles. The van der Waals surface area contributed by atoms with Gasteiger partial charge in [-0.05, 0) is 31.7 Å². The Balaban J connectivity index is 1.54. The summed E-state index contributed by atoms with van der Waals surface area (Å²) < 4.78 is 13.7. The van der Waals surface area contributed by atoms with Gasteiger partial charge in [-0.25, -0.2) is 0 Å². The fraction of sp³-hybridized carbons (Fsp3) is 0.737. The van der Waals surface area contributed by atoms with Crippen molar-refractivity contribution in [3.63, 3.8) is 0 Å². The molecule has 1 aromatic heterocycles. The lowest BCUT2D eigenvalue weighted by Crippen LogP contribution is -2.42. The number of nitrogens with zero attached hydrogens (tertiary/aromatic N) is 1. The highest BCUT2D eigenvalue weighted by atomic mass is 16.5. The zero-order valence-electron chi connectivity index (χ0n) is 14.2. The number of hydrogen-bond acceptors (Lipinski definition) is 2. The van der Waals surface area contributed by atoms with E-state index in [2.05, 4.69) is 29.8 Å². The van der Waals surface area contributed by atoms with Gasteiger partial charge in [0.15, 0.2) is 18.4 Å². The summed E-state index contributed by atoms with van der Waals surface area (Å²) in [7, 11) is 0. The molecule has 0 aromatic carbocycles. The van der Waals surface area contributed by atoms with E-state index in [-0.39, 0.29) is 0 Å². The van der Waals surface area contributed by atoms with Crippen molar-refractivity contribution in [2.24, 2.45) is 0 Å². The predicted octanol–water partition coefficient (Wildman–Crippen LogP) is 3.47. The Kier molecular flexibility index (Phi) is 8.51. The Morgan fingerprint density at radius 2 is 1.77 bits per heavy atom. The molecular formula is C19H32NO2+. The summed E-state index contributed by atoms with van der Waals surface area (Å²) in [6.45, 7) is 6.29. The Morgan fingerprint density at radius 1 is 0.955 bits per heavy atom. The lowest BCUT2D eigenvalue weighted by Gasteiger charge is -2.13. The molecule has 1 aliphatic carbocycles. The topological polar surface area (TPSA) is 22.3 Å². The van der Waals surface area contributed by atoms with Gasteiger partial charge in [0.2, 0.25) is 0 Å². The van der Waals surface area contributed by atoms with Crippen LogP contribution in [0, 0.1) is 0 Å². The number of aryl methyl sites for hydroxylation is 1. The lowest BCUT2D eigenvalue weighted by molar-refractivity contribution is -0.706. The molecule has 0 bridgehead atoms. The average Bonchev–Trinajstić information content (AvgIpc) is 2.56. The third-order valence-corrected chi connectivity index (χ3v) is 4.38. The molecular weight excluding hydrogens is 274 g/mol. The van der Waals surface area contributed by atoms with Crippen LogP contribution in [0.25, 0.3) is 0 Å². The van der Waals surface area contributed by atoms with Crippen molar-refractivity contribution in [3.05, 3.63) is 29.6 Å². The predicted molar refractivity (Wildman–Crippen MR) is 89.1 cm³/mol. The molecule has 124 valence electrons. The van der Waals surface area contributed by atoms with E-state index >= 15 is 0 Å². The number of hydrogen-bond donors (Lipinski definition) is 0. The average molecular weight is 306 g/mol. The molecule has 0 N–H and O–H groups in total. The fourth-order valence-corrected chi connectivity index (χ4v) is 3.10. The Bertz CT molecular complexity index is 420. The molecule has 1 aliphatic rings. The second kappa shape index (κ2) is 10.7. The second-order valence-electron chi connectivity index (χ2n) is 6.17. The van der Waals surface area contributed by atoms with Crippen LogP contribution in [0.15, 0.2) is 18.3 Å². The normalized spacial score (nSPS) is 14.0. The van der Waals surface area contributed by atoms with Crippen molar-refractivity contribution < 1.29 is 14.0 Å². The minimum absolute atomic E-state index is 0.712. The van der Waals surface area contributed by atoms with E-state index in [9.17, 15) is 0 Å². The van der Waals surface area contributed by atoms with Crippen molar-refractivity contribution in [3.8, 4) is 0 Å². The summed E-state index contributed by atoms with van der Waals surface area (Å²) in [5.41, 5.74) is 3.05. The first-order chi connectivity index (χ1) is 10.9. The van der Waals surface area contributed by atoms with Gasteiger partial charge in [-0.3, -0.25) is 0 Å². The van der Waals surface area contributed by atoms with Crippen molar-refractivity contribution in [1.29, 1.82) is 0 Å². The van der Waals surface area contributed by atoms with E-state index in [1.165, 1.54) is 62.6 Å². The highest BCUT2D eigenvalue weighted by Gasteiger charge is 2.18. The molecule has 0 saturated carbocycles. The van der Waals surface area contributed by atoms with Crippen LogP contribution in [0.2, 0.25) is 0 Å². The van der Waals surface area contributed by atoms with E-state index in [1.54, 1.807) is 0 Å². The molecule has 0 unspecified atom stereocenters. The molecule has 0 amide bonds. The molecule has 0 radical (unpaired) electrons. The van der Waals surface area contributed by atoms with Crippen LogP contribution in [0.5, 0.6) is 0 Å². The molecule has 22 heavy (non-hydrogen) atoms. The second-order valence-corrected chi connectivity index (χ2v) is 6.17. The number of pyridine rings is 1. The van der Waals surface area contributed by atoms with Crippen LogP contribution >= 0.6 is 0 Å². The van der Waals surface area contributed by atoms with Gasteiger partial charge < -0.3 is 9.47 Å². The SMILES string of the molecule is CCCCCCOCCOCC[n+]1cccc2c1CCCC2. The van der Waals surface area contributed by atoms with Crippen molar-refractivity contribution in [2.45, 2.75) is 64.8 Å². The van der Waals surface area contributed by atoms with Gasteiger partial charge in [-0.15, -0.1) is 0 Å². The van der Waals surface area contributed by atoms with Crippen molar-refractivity contribution >= 4 is 0 Å². The number of rotatable bonds is 11. The zero-order chi connectivity index (χ0) is 15.5. The quantitative estimate of drug-likeness (QED) is 0.461. The lowest BCUT2D eigenvalue weighted by atomic mass is 9.96. The van der Waals surface area contributed by atoms with Crippen LogP contribution in [0.3, 0.4) is 0 Å². The minimum atomic E-state index is 0.712. The largest absolute Gasteiger partial charge is 0.379 e. The molecule has 0 spiro atoms. The molecule has 0 saturated heterocycles. The first-order valence-electron chi connectivity index (χ1n) is 9.07. The van der Waals surface area contributed by atoms with E-state index in [1.807, 2.05) is 0 Å². The summed E-state index contributed by atoms with van der Waals surface area (Å²) >= 11 is 0. The number of fused-ring (bicyclic) bond motifs is 1. The smallest absolute Gasteiger partial charge is 0.184 e. The minimum Gasteiger partial charge on any atom is -0.379 e. The summed E-state index contributed by atoms with van der Waals surface area (Å²) in [5, 5.41) is 0. The fourth-order valence-electron chi connectivity index (χ4n) is 3.10. The van der Waals surface area contributed by atoms with Crippen LogP contribution < -0.4 is 4.57 Å². The van der Waals surface area contributed by atoms with Crippen molar-refractivity contribution in [2.75, 3.05) is 26.4 Å². The molecule has 0 fully saturated rings. The van der Waals surface area contributed by atoms with Crippen LogP contribution in [-0.4, -0.2) is 26.4 Å². The monoisotopic (exact) mass is 306 g/mol. The number of unbranched alkanes of at least 4 members (excludes halogenated alkanes) is 3. The highest BCUT2D eigenvalue weighted by Crippen LogP contribution is 2.17. The molecule has 2 rings (SSSR count). The molecule has 0 aliphatic heterocycles. The van der Waals surface area contributed by atoms with E-state index in [0.29, 0.717) is 6.61 Å². The Hall–Kier alpha value is -0.930. The van der Waals surface area contributed by atoms with Gasteiger partial charge >= 0.3 is 0 Å². The third kappa shape index (κ3) is 6.05. The van der Waals surface area contributed by atoms with Gasteiger partial charge in [-0.1, -0.05) is 26.2 Å². The summed E-state index contributed by atoms with van der Waals surface area (Å²) in [4.78, 5) is 0. The van der Waals surface area contributed by atoms with E-state index < -0.39 is 0 Å². The summed E-state index contributed by atoms with van der Waals surface area (Å²) in [6, 6.07) is 4.45. The molecule has 3 nitrogen and oxygen atoms in total. The maximum absolute atomic E-state index is 5.71. The Morgan fingerprint density at radius 3 is 2.64 bits per heavy atom. The van der Waals surface area contributed by atoms with E-state index in [0.717, 1.165) is 26.4 Å². The maximum atomic E-state index is 5.71.